The third-order valence-electron chi connectivity index (χ3n) is 3.49. The molecule has 106 valence electrons. The summed E-state index contributed by atoms with van der Waals surface area (Å²) in [7, 11) is 0. The molecule has 0 heterocycles. The van der Waals surface area contributed by atoms with Gasteiger partial charge < -0.3 is 4.74 Å². The Hall–Kier alpha value is -1.76. The van der Waals surface area contributed by atoms with E-state index in [4.69, 9.17) is 4.74 Å². The largest absolute Gasteiger partial charge is 0.493 e. The number of unbranched alkanes of at least 4 members (excludes halogenated alkanes) is 1. The van der Waals surface area contributed by atoms with Crippen molar-refractivity contribution in [1.29, 1.82) is 0 Å². The third kappa shape index (κ3) is 4.12. The first kappa shape index (κ1) is 14.6. The van der Waals surface area contributed by atoms with E-state index in [0.717, 1.165) is 25.2 Å². The molecular formula is C19H24O. The molecule has 0 bridgehead atoms. The fourth-order valence-electron chi connectivity index (χ4n) is 2.24. The molecule has 0 aliphatic carbocycles. The first-order valence-corrected chi connectivity index (χ1v) is 7.47. The molecule has 2 aromatic rings. The van der Waals surface area contributed by atoms with Crippen molar-refractivity contribution in [2.24, 2.45) is 0 Å². The highest BCUT2D eigenvalue weighted by atomic mass is 16.5. The molecule has 0 radical (unpaired) electrons. The first-order chi connectivity index (χ1) is 9.69. The van der Waals surface area contributed by atoms with Gasteiger partial charge in [0.2, 0.25) is 0 Å². The molecule has 0 aliphatic heterocycles. The van der Waals surface area contributed by atoms with Crippen molar-refractivity contribution in [3.05, 3.63) is 64.7 Å². The van der Waals surface area contributed by atoms with Crippen LogP contribution in [0.3, 0.4) is 0 Å². The van der Waals surface area contributed by atoms with Crippen molar-refractivity contribution >= 4 is 0 Å². The molecule has 20 heavy (non-hydrogen) atoms. The molecule has 0 amide bonds. The Labute approximate surface area is 122 Å². The second kappa shape index (κ2) is 7.14. The van der Waals surface area contributed by atoms with Crippen LogP contribution in [0.5, 0.6) is 5.75 Å². The van der Waals surface area contributed by atoms with Gasteiger partial charge in [-0.3, -0.25) is 0 Å². The summed E-state index contributed by atoms with van der Waals surface area (Å²) in [5, 5.41) is 0. The van der Waals surface area contributed by atoms with Gasteiger partial charge in [0.1, 0.15) is 5.75 Å². The highest BCUT2D eigenvalue weighted by Crippen LogP contribution is 2.23. The zero-order chi connectivity index (χ0) is 14.4. The summed E-state index contributed by atoms with van der Waals surface area (Å²) in [6.07, 6.45) is 3.21. The zero-order valence-electron chi connectivity index (χ0n) is 12.8. The summed E-state index contributed by atoms with van der Waals surface area (Å²) < 4.78 is 5.93. The summed E-state index contributed by atoms with van der Waals surface area (Å²) in [6.45, 7) is 7.25. The number of hydrogen-bond acceptors (Lipinski definition) is 1. The Balaban J connectivity index is 2.15. The molecule has 0 fully saturated rings. The van der Waals surface area contributed by atoms with E-state index in [2.05, 4.69) is 63.2 Å². The number of hydrogen-bond donors (Lipinski definition) is 0. The highest BCUT2D eigenvalue weighted by molar-refractivity contribution is 5.40. The molecule has 1 heteroatoms. The van der Waals surface area contributed by atoms with Crippen molar-refractivity contribution in [3.63, 3.8) is 0 Å². The maximum Gasteiger partial charge on any atom is 0.122 e. The lowest BCUT2D eigenvalue weighted by Gasteiger charge is -2.12. The molecule has 0 saturated heterocycles. The van der Waals surface area contributed by atoms with E-state index in [9.17, 15) is 0 Å². The van der Waals surface area contributed by atoms with Gasteiger partial charge in [-0.2, -0.15) is 0 Å². The monoisotopic (exact) mass is 268 g/mol. The predicted octanol–water partition coefficient (Wildman–Crippen LogP) is 5.07. The topological polar surface area (TPSA) is 9.23 Å². The summed E-state index contributed by atoms with van der Waals surface area (Å²) in [6, 6.07) is 15.2. The van der Waals surface area contributed by atoms with Crippen LogP contribution in [0, 0.1) is 13.8 Å². The number of benzene rings is 2. The van der Waals surface area contributed by atoms with E-state index in [-0.39, 0.29) is 0 Å². The van der Waals surface area contributed by atoms with Gasteiger partial charge in [-0.05, 0) is 37.5 Å². The average Bonchev–Trinajstić information content (AvgIpc) is 2.44. The van der Waals surface area contributed by atoms with E-state index in [1.807, 2.05) is 0 Å². The fraction of sp³-hybridized carbons (Fsp3) is 0.368. The van der Waals surface area contributed by atoms with E-state index in [1.165, 1.54) is 28.7 Å². The van der Waals surface area contributed by atoms with E-state index in [0.29, 0.717) is 0 Å². The lowest BCUT2D eigenvalue weighted by molar-refractivity contribution is 0.306. The predicted molar refractivity (Wildman–Crippen MR) is 85.6 cm³/mol. The molecule has 0 atom stereocenters. The molecule has 2 aromatic carbocycles. The molecule has 2 rings (SSSR count). The Bertz CT molecular complexity index is 540. The van der Waals surface area contributed by atoms with Crippen molar-refractivity contribution in [1.82, 2.24) is 0 Å². The van der Waals surface area contributed by atoms with E-state index in [1.54, 1.807) is 0 Å². The van der Waals surface area contributed by atoms with Crippen LogP contribution in [0.15, 0.2) is 42.5 Å². The molecule has 1 nitrogen and oxygen atoms in total. The molecule has 0 aliphatic rings. The van der Waals surface area contributed by atoms with E-state index < -0.39 is 0 Å². The van der Waals surface area contributed by atoms with Crippen molar-refractivity contribution in [3.8, 4) is 5.75 Å². The van der Waals surface area contributed by atoms with Gasteiger partial charge >= 0.3 is 0 Å². The maximum atomic E-state index is 5.93. The second-order valence-corrected chi connectivity index (χ2v) is 5.48. The van der Waals surface area contributed by atoms with Crippen LogP contribution in [0.1, 0.15) is 42.0 Å². The number of ether oxygens (including phenoxy) is 1. The lowest BCUT2D eigenvalue weighted by atomic mass is 10.0. The van der Waals surface area contributed by atoms with Crippen LogP contribution in [0.2, 0.25) is 0 Å². The minimum absolute atomic E-state index is 0.806. The minimum atomic E-state index is 0.806. The Morgan fingerprint density at radius 1 is 0.900 bits per heavy atom. The summed E-state index contributed by atoms with van der Waals surface area (Å²) in [5.74, 6) is 1.03. The highest BCUT2D eigenvalue weighted by Gasteiger charge is 2.05. The number of aryl methyl sites for hydroxylation is 2. The molecule has 0 N–H and O–H groups in total. The van der Waals surface area contributed by atoms with Gasteiger partial charge in [-0.1, -0.05) is 60.9 Å². The Morgan fingerprint density at radius 3 is 2.30 bits per heavy atom. The molecule has 0 saturated carbocycles. The molecular weight excluding hydrogens is 244 g/mol. The van der Waals surface area contributed by atoms with Gasteiger partial charge in [0, 0.05) is 6.42 Å². The van der Waals surface area contributed by atoms with Gasteiger partial charge in [-0.15, -0.1) is 0 Å². The average molecular weight is 268 g/mol. The van der Waals surface area contributed by atoms with Crippen molar-refractivity contribution in [2.75, 3.05) is 6.61 Å². The summed E-state index contributed by atoms with van der Waals surface area (Å²) in [4.78, 5) is 0. The second-order valence-electron chi connectivity index (χ2n) is 5.48. The van der Waals surface area contributed by atoms with E-state index >= 15 is 0 Å². The quantitative estimate of drug-likeness (QED) is 0.664. The van der Waals surface area contributed by atoms with Crippen LogP contribution >= 0.6 is 0 Å². The van der Waals surface area contributed by atoms with Gasteiger partial charge in [0.25, 0.3) is 0 Å². The standard InChI is InChI=1S/C19H24O/c1-4-5-12-20-19-11-8-16(3)13-18(19)14-17-9-6-15(2)7-10-17/h6-11,13H,4-5,12,14H2,1-3H3. The van der Waals surface area contributed by atoms with Crippen LogP contribution in [-0.4, -0.2) is 6.61 Å². The minimum Gasteiger partial charge on any atom is -0.493 e. The molecule has 0 spiro atoms. The zero-order valence-corrected chi connectivity index (χ0v) is 12.8. The normalized spacial score (nSPS) is 10.6. The number of rotatable bonds is 6. The lowest BCUT2D eigenvalue weighted by Crippen LogP contribution is -2.01. The smallest absolute Gasteiger partial charge is 0.122 e. The van der Waals surface area contributed by atoms with Crippen molar-refractivity contribution in [2.45, 2.75) is 40.0 Å². The Kier molecular flexibility index (Phi) is 5.23. The molecule has 0 unspecified atom stereocenters. The third-order valence-corrected chi connectivity index (χ3v) is 3.49. The van der Waals surface area contributed by atoms with Crippen LogP contribution < -0.4 is 4.74 Å². The summed E-state index contributed by atoms with van der Waals surface area (Å²) in [5.41, 5.74) is 5.21. The summed E-state index contributed by atoms with van der Waals surface area (Å²) >= 11 is 0. The van der Waals surface area contributed by atoms with Crippen LogP contribution in [-0.2, 0) is 6.42 Å². The Morgan fingerprint density at radius 2 is 1.60 bits per heavy atom. The maximum absolute atomic E-state index is 5.93. The first-order valence-electron chi connectivity index (χ1n) is 7.47. The molecule has 0 aromatic heterocycles. The van der Waals surface area contributed by atoms with Crippen LogP contribution in [0.4, 0.5) is 0 Å². The van der Waals surface area contributed by atoms with Gasteiger partial charge in [-0.25, -0.2) is 0 Å². The SMILES string of the molecule is CCCCOc1ccc(C)cc1Cc1ccc(C)cc1. The van der Waals surface area contributed by atoms with Gasteiger partial charge in [0.05, 0.1) is 6.61 Å². The fourth-order valence-corrected chi connectivity index (χ4v) is 2.24. The van der Waals surface area contributed by atoms with Gasteiger partial charge in [0.15, 0.2) is 0 Å². The van der Waals surface area contributed by atoms with Crippen molar-refractivity contribution < 1.29 is 4.74 Å². The van der Waals surface area contributed by atoms with Crippen LogP contribution in [0.25, 0.3) is 0 Å².